The first kappa shape index (κ1) is 13.7. The molecule has 17 heavy (non-hydrogen) atoms. The van der Waals surface area contributed by atoms with E-state index in [-0.39, 0.29) is 12.4 Å². The van der Waals surface area contributed by atoms with Crippen LogP contribution in [0.2, 0.25) is 0 Å². The van der Waals surface area contributed by atoms with Crippen LogP contribution in [0.3, 0.4) is 0 Å². The van der Waals surface area contributed by atoms with Crippen molar-refractivity contribution in [3.05, 3.63) is 33.3 Å². The Balaban J connectivity index is 3.06. The van der Waals surface area contributed by atoms with Gasteiger partial charge < -0.3 is 4.74 Å². The molecule has 4 heteroatoms. The SMILES string of the molecule is CCOC(=O)Cc1ccc(CC)c(Br)c1C#N. The fraction of sp³-hybridized carbons (Fsp3) is 0.385. The molecule has 0 saturated carbocycles. The Bertz CT molecular complexity index is 463. The van der Waals surface area contributed by atoms with Crippen LogP contribution in [-0.2, 0) is 22.4 Å². The van der Waals surface area contributed by atoms with Gasteiger partial charge in [-0.3, -0.25) is 4.79 Å². The number of hydrogen-bond acceptors (Lipinski definition) is 3. The number of aryl methyl sites for hydroxylation is 1. The highest BCUT2D eigenvalue weighted by atomic mass is 79.9. The van der Waals surface area contributed by atoms with Crippen LogP contribution in [0.25, 0.3) is 0 Å². The largest absolute Gasteiger partial charge is 0.466 e. The van der Waals surface area contributed by atoms with Gasteiger partial charge in [0.05, 0.1) is 18.6 Å². The molecule has 0 atom stereocenters. The van der Waals surface area contributed by atoms with Crippen molar-refractivity contribution in [2.75, 3.05) is 6.61 Å². The van der Waals surface area contributed by atoms with Crippen LogP contribution in [0.5, 0.6) is 0 Å². The summed E-state index contributed by atoms with van der Waals surface area (Å²) in [5.41, 5.74) is 2.29. The van der Waals surface area contributed by atoms with Crippen molar-refractivity contribution in [3.63, 3.8) is 0 Å². The minimum atomic E-state index is -0.305. The van der Waals surface area contributed by atoms with Gasteiger partial charge in [-0.2, -0.15) is 5.26 Å². The van der Waals surface area contributed by atoms with Gasteiger partial charge in [-0.05, 0) is 40.4 Å². The Morgan fingerprint density at radius 2 is 2.06 bits per heavy atom. The van der Waals surface area contributed by atoms with E-state index in [9.17, 15) is 4.79 Å². The molecule has 0 aliphatic heterocycles. The smallest absolute Gasteiger partial charge is 0.310 e. The van der Waals surface area contributed by atoms with Crippen molar-refractivity contribution in [1.29, 1.82) is 5.26 Å². The van der Waals surface area contributed by atoms with Crippen molar-refractivity contribution < 1.29 is 9.53 Å². The molecular formula is C13H14BrNO2. The summed E-state index contributed by atoms with van der Waals surface area (Å²) in [5, 5.41) is 9.13. The molecule has 0 aliphatic carbocycles. The molecule has 1 rings (SSSR count). The Morgan fingerprint density at radius 3 is 2.59 bits per heavy atom. The van der Waals surface area contributed by atoms with E-state index in [1.807, 2.05) is 19.1 Å². The minimum Gasteiger partial charge on any atom is -0.466 e. The highest BCUT2D eigenvalue weighted by Gasteiger charge is 2.13. The quantitative estimate of drug-likeness (QED) is 0.803. The Kier molecular flexibility index (Phi) is 5.17. The van der Waals surface area contributed by atoms with Crippen LogP contribution in [0.4, 0.5) is 0 Å². The third-order valence-electron chi connectivity index (χ3n) is 2.44. The molecule has 0 amide bonds. The van der Waals surface area contributed by atoms with Gasteiger partial charge in [0.1, 0.15) is 6.07 Å². The van der Waals surface area contributed by atoms with E-state index >= 15 is 0 Å². The molecule has 0 fully saturated rings. The first-order chi connectivity index (χ1) is 8.13. The molecule has 0 saturated heterocycles. The summed E-state index contributed by atoms with van der Waals surface area (Å²) in [7, 11) is 0. The predicted molar refractivity (Wildman–Crippen MR) is 68.6 cm³/mol. The number of carbonyl (C=O) groups excluding carboxylic acids is 1. The number of nitrogens with zero attached hydrogens (tertiary/aromatic N) is 1. The van der Waals surface area contributed by atoms with Gasteiger partial charge in [-0.15, -0.1) is 0 Å². The molecule has 0 spiro atoms. The number of hydrogen-bond donors (Lipinski definition) is 0. The number of halogens is 1. The van der Waals surface area contributed by atoms with Crippen molar-refractivity contribution in [1.82, 2.24) is 0 Å². The average Bonchev–Trinajstić information content (AvgIpc) is 2.30. The lowest BCUT2D eigenvalue weighted by atomic mass is 10.0. The summed E-state index contributed by atoms with van der Waals surface area (Å²) in [6, 6.07) is 5.88. The number of benzene rings is 1. The van der Waals surface area contributed by atoms with Crippen molar-refractivity contribution >= 4 is 21.9 Å². The topological polar surface area (TPSA) is 50.1 Å². The summed E-state index contributed by atoms with van der Waals surface area (Å²) >= 11 is 3.41. The zero-order chi connectivity index (χ0) is 12.8. The van der Waals surface area contributed by atoms with E-state index in [2.05, 4.69) is 22.0 Å². The Hall–Kier alpha value is -1.34. The van der Waals surface area contributed by atoms with E-state index in [0.717, 1.165) is 16.5 Å². The first-order valence-corrected chi connectivity index (χ1v) is 6.29. The standard InChI is InChI=1S/C13H14BrNO2/c1-3-9-5-6-10(7-12(16)17-4-2)11(8-15)13(9)14/h5-6H,3-4,7H2,1-2H3. The van der Waals surface area contributed by atoms with Crippen LogP contribution >= 0.6 is 15.9 Å². The van der Waals surface area contributed by atoms with Crippen LogP contribution in [0.15, 0.2) is 16.6 Å². The van der Waals surface area contributed by atoms with E-state index in [0.29, 0.717) is 17.7 Å². The monoisotopic (exact) mass is 295 g/mol. The molecule has 3 nitrogen and oxygen atoms in total. The summed E-state index contributed by atoms with van der Waals surface area (Å²) in [6.45, 7) is 4.14. The summed E-state index contributed by atoms with van der Waals surface area (Å²) < 4.78 is 5.66. The minimum absolute atomic E-state index is 0.138. The van der Waals surface area contributed by atoms with Crippen molar-refractivity contribution in [2.45, 2.75) is 26.7 Å². The van der Waals surface area contributed by atoms with E-state index in [4.69, 9.17) is 10.00 Å². The van der Waals surface area contributed by atoms with E-state index < -0.39 is 0 Å². The fourth-order valence-electron chi connectivity index (χ4n) is 1.57. The van der Waals surface area contributed by atoms with E-state index in [1.165, 1.54) is 0 Å². The second-order valence-electron chi connectivity index (χ2n) is 3.52. The van der Waals surface area contributed by atoms with Gasteiger partial charge in [-0.1, -0.05) is 19.1 Å². The third-order valence-corrected chi connectivity index (χ3v) is 3.35. The molecule has 1 aromatic rings. The lowest BCUT2D eigenvalue weighted by molar-refractivity contribution is -0.142. The third kappa shape index (κ3) is 3.31. The Labute approximate surface area is 110 Å². The maximum absolute atomic E-state index is 11.4. The van der Waals surface area contributed by atoms with Gasteiger partial charge in [0.15, 0.2) is 0 Å². The zero-order valence-electron chi connectivity index (χ0n) is 9.92. The molecule has 0 unspecified atom stereocenters. The number of esters is 1. The number of ether oxygens (including phenoxy) is 1. The molecule has 1 aromatic carbocycles. The Morgan fingerprint density at radius 1 is 1.41 bits per heavy atom. The predicted octanol–water partition coefficient (Wildman–Crippen LogP) is 2.99. The molecule has 0 N–H and O–H groups in total. The number of rotatable bonds is 4. The highest BCUT2D eigenvalue weighted by Crippen LogP contribution is 2.25. The molecule has 0 heterocycles. The van der Waals surface area contributed by atoms with Crippen molar-refractivity contribution in [3.8, 4) is 6.07 Å². The maximum atomic E-state index is 11.4. The van der Waals surface area contributed by atoms with Crippen LogP contribution < -0.4 is 0 Å². The fourth-order valence-corrected chi connectivity index (χ4v) is 2.32. The lowest BCUT2D eigenvalue weighted by Gasteiger charge is -2.09. The van der Waals surface area contributed by atoms with Gasteiger partial charge in [0, 0.05) is 4.47 Å². The number of nitriles is 1. The summed E-state index contributed by atoms with van der Waals surface area (Å²) in [4.78, 5) is 11.4. The van der Waals surface area contributed by atoms with Crippen LogP contribution in [0, 0.1) is 11.3 Å². The molecule has 0 bridgehead atoms. The molecular weight excluding hydrogens is 282 g/mol. The van der Waals surface area contributed by atoms with Gasteiger partial charge in [0.25, 0.3) is 0 Å². The normalized spacial score (nSPS) is 9.76. The summed E-state index contributed by atoms with van der Waals surface area (Å²) in [6.07, 6.45) is 0.980. The molecule has 0 aliphatic rings. The maximum Gasteiger partial charge on any atom is 0.310 e. The van der Waals surface area contributed by atoms with Crippen molar-refractivity contribution in [2.24, 2.45) is 0 Å². The summed E-state index contributed by atoms with van der Waals surface area (Å²) in [5.74, 6) is -0.305. The highest BCUT2D eigenvalue weighted by molar-refractivity contribution is 9.10. The van der Waals surface area contributed by atoms with Crippen LogP contribution in [0.1, 0.15) is 30.5 Å². The lowest BCUT2D eigenvalue weighted by Crippen LogP contribution is -2.09. The molecule has 0 aromatic heterocycles. The zero-order valence-corrected chi connectivity index (χ0v) is 11.5. The first-order valence-electron chi connectivity index (χ1n) is 5.50. The van der Waals surface area contributed by atoms with Gasteiger partial charge in [0.2, 0.25) is 0 Å². The average molecular weight is 296 g/mol. The number of carbonyl (C=O) groups is 1. The van der Waals surface area contributed by atoms with Gasteiger partial charge in [-0.25, -0.2) is 0 Å². The second kappa shape index (κ2) is 6.41. The van der Waals surface area contributed by atoms with Gasteiger partial charge >= 0.3 is 5.97 Å². The van der Waals surface area contributed by atoms with Crippen LogP contribution in [-0.4, -0.2) is 12.6 Å². The van der Waals surface area contributed by atoms with E-state index in [1.54, 1.807) is 6.92 Å². The molecule has 0 radical (unpaired) electrons. The molecule has 90 valence electrons. The second-order valence-corrected chi connectivity index (χ2v) is 4.31.